The fourth-order valence-electron chi connectivity index (χ4n) is 1.36. The SMILES string of the molecule is CCCOc1cncc(C(C)C(C)NC)n1. The highest BCUT2D eigenvalue weighted by molar-refractivity contribution is 5.13. The van der Waals surface area contributed by atoms with Crippen molar-refractivity contribution in [3.05, 3.63) is 18.1 Å². The van der Waals surface area contributed by atoms with Crippen molar-refractivity contribution in [2.45, 2.75) is 39.2 Å². The summed E-state index contributed by atoms with van der Waals surface area (Å²) < 4.78 is 5.47. The molecular formula is C12H21N3O. The fraction of sp³-hybridized carbons (Fsp3) is 0.667. The van der Waals surface area contributed by atoms with Crippen molar-refractivity contribution in [2.24, 2.45) is 0 Å². The molecule has 0 saturated carbocycles. The quantitative estimate of drug-likeness (QED) is 0.801. The average molecular weight is 223 g/mol. The van der Waals surface area contributed by atoms with Crippen molar-refractivity contribution < 1.29 is 4.74 Å². The molecule has 4 heteroatoms. The molecule has 0 aliphatic rings. The van der Waals surface area contributed by atoms with Gasteiger partial charge in [-0.3, -0.25) is 4.98 Å². The Labute approximate surface area is 97.5 Å². The predicted molar refractivity (Wildman–Crippen MR) is 64.8 cm³/mol. The van der Waals surface area contributed by atoms with Crippen LogP contribution in [-0.4, -0.2) is 29.7 Å². The molecule has 0 aliphatic carbocycles. The van der Waals surface area contributed by atoms with E-state index in [1.54, 1.807) is 12.4 Å². The summed E-state index contributed by atoms with van der Waals surface area (Å²) in [5, 5.41) is 3.22. The molecule has 1 aromatic rings. The van der Waals surface area contributed by atoms with E-state index >= 15 is 0 Å². The number of nitrogens with zero attached hydrogens (tertiary/aromatic N) is 2. The zero-order valence-corrected chi connectivity index (χ0v) is 10.5. The molecule has 1 N–H and O–H groups in total. The van der Waals surface area contributed by atoms with Gasteiger partial charge in [0.2, 0.25) is 5.88 Å². The molecule has 90 valence electrons. The van der Waals surface area contributed by atoms with Gasteiger partial charge in [0.25, 0.3) is 0 Å². The third kappa shape index (κ3) is 3.45. The van der Waals surface area contributed by atoms with Crippen LogP contribution in [0.15, 0.2) is 12.4 Å². The van der Waals surface area contributed by atoms with Crippen LogP contribution in [0.25, 0.3) is 0 Å². The van der Waals surface area contributed by atoms with Crippen LogP contribution < -0.4 is 10.1 Å². The van der Waals surface area contributed by atoms with E-state index in [9.17, 15) is 0 Å². The lowest BCUT2D eigenvalue weighted by Gasteiger charge is -2.18. The van der Waals surface area contributed by atoms with Crippen LogP contribution in [0.4, 0.5) is 0 Å². The summed E-state index contributed by atoms with van der Waals surface area (Å²) >= 11 is 0. The van der Waals surface area contributed by atoms with Gasteiger partial charge in [-0.25, -0.2) is 4.98 Å². The summed E-state index contributed by atoms with van der Waals surface area (Å²) in [6.45, 7) is 7.03. The van der Waals surface area contributed by atoms with E-state index < -0.39 is 0 Å². The molecule has 0 radical (unpaired) electrons. The second kappa shape index (κ2) is 6.43. The van der Waals surface area contributed by atoms with Gasteiger partial charge in [-0.05, 0) is 20.4 Å². The van der Waals surface area contributed by atoms with Crippen molar-refractivity contribution in [3.8, 4) is 5.88 Å². The van der Waals surface area contributed by atoms with Gasteiger partial charge >= 0.3 is 0 Å². The number of likely N-dealkylation sites (N-methyl/N-ethyl adjacent to an activating group) is 1. The lowest BCUT2D eigenvalue weighted by Crippen LogP contribution is -2.27. The molecule has 1 heterocycles. The predicted octanol–water partition coefficient (Wildman–Crippen LogP) is 1.98. The van der Waals surface area contributed by atoms with Gasteiger partial charge in [-0.15, -0.1) is 0 Å². The highest BCUT2D eigenvalue weighted by Gasteiger charge is 2.14. The van der Waals surface area contributed by atoms with E-state index in [1.165, 1.54) is 0 Å². The first-order valence-electron chi connectivity index (χ1n) is 5.81. The first-order chi connectivity index (χ1) is 7.69. The van der Waals surface area contributed by atoms with Crippen molar-refractivity contribution in [1.29, 1.82) is 0 Å². The zero-order chi connectivity index (χ0) is 12.0. The number of hydrogen-bond donors (Lipinski definition) is 1. The van der Waals surface area contributed by atoms with E-state index in [1.807, 2.05) is 7.05 Å². The third-order valence-corrected chi connectivity index (χ3v) is 2.76. The van der Waals surface area contributed by atoms with Crippen LogP contribution in [0.5, 0.6) is 5.88 Å². The van der Waals surface area contributed by atoms with E-state index in [4.69, 9.17) is 4.74 Å². The van der Waals surface area contributed by atoms with Crippen LogP contribution in [0.3, 0.4) is 0 Å². The van der Waals surface area contributed by atoms with Crippen LogP contribution in [0, 0.1) is 0 Å². The Morgan fingerprint density at radius 3 is 2.75 bits per heavy atom. The first kappa shape index (κ1) is 12.9. The maximum absolute atomic E-state index is 5.47. The minimum atomic E-state index is 0.322. The Balaban J connectivity index is 2.73. The molecule has 2 unspecified atom stereocenters. The van der Waals surface area contributed by atoms with Gasteiger partial charge in [-0.2, -0.15) is 0 Å². The summed E-state index contributed by atoms with van der Waals surface area (Å²) in [5.41, 5.74) is 0.968. The topological polar surface area (TPSA) is 47.0 Å². The smallest absolute Gasteiger partial charge is 0.232 e. The van der Waals surface area contributed by atoms with Gasteiger partial charge in [0.1, 0.15) is 0 Å². The number of hydrogen-bond acceptors (Lipinski definition) is 4. The Morgan fingerprint density at radius 1 is 1.38 bits per heavy atom. The largest absolute Gasteiger partial charge is 0.477 e. The van der Waals surface area contributed by atoms with E-state index in [0.29, 0.717) is 24.4 Å². The second-order valence-corrected chi connectivity index (χ2v) is 4.00. The molecule has 0 aromatic carbocycles. The Kier molecular flexibility index (Phi) is 5.19. The van der Waals surface area contributed by atoms with Crippen LogP contribution in [0.1, 0.15) is 38.8 Å². The van der Waals surface area contributed by atoms with Crippen LogP contribution in [0.2, 0.25) is 0 Å². The molecule has 1 rings (SSSR count). The summed E-state index contributed by atoms with van der Waals surface area (Å²) in [6, 6.07) is 0.371. The van der Waals surface area contributed by atoms with Gasteiger partial charge in [0.05, 0.1) is 18.5 Å². The van der Waals surface area contributed by atoms with Gasteiger partial charge in [0.15, 0.2) is 0 Å². The Morgan fingerprint density at radius 2 is 2.12 bits per heavy atom. The Hall–Kier alpha value is -1.16. The highest BCUT2D eigenvalue weighted by atomic mass is 16.5. The molecule has 2 atom stereocenters. The molecule has 1 aromatic heterocycles. The van der Waals surface area contributed by atoms with E-state index in [2.05, 4.69) is 36.1 Å². The van der Waals surface area contributed by atoms with Crippen molar-refractivity contribution in [2.75, 3.05) is 13.7 Å². The monoisotopic (exact) mass is 223 g/mol. The van der Waals surface area contributed by atoms with E-state index in [0.717, 1.165) is 12.1 Å². The first-order valence-corrected chi connectivity index (χ1v) is 5.81. The number of aromatic nitrogens is 2. The minimum Gasteiger partial charge on any atom is -0.477 e. The van der Waals surface area contributed by atoms with Crippen LogP contribution >= 0.6 is 0 Å². The number of ether oxygens (including phenoxy) is 1. The van der Waals surface area contributed by atoms with Crippen molar-refractivity contribution in [1.82, 2.24) is 15.3 Å². The van der Waals surface area contributed by atoms with Crippen molar-refractivity contribution in [3.63, 3.8) is 0 Å². The summed E-state index contributed by atoms with van der Waals surface area (Å²) in [7, 11) is 1.95. The zero-order valence-electron chi connectivity index (χ0n) is 10.5. The summed E-state index contributed by atoms with van der Waals surface area (Å²) in [4.78, 5) is 8.61. The van der Waals surface area contributed by atoms with Crippen molar-refractivity contribution >= 4 is 0 Å². The van der Waals surface area contributed by atoms with Gasteiger partial charge in [-0.1, -0.05) is 13.8 Å². The second-order valence-electron chi connectivity index (χ2n) is 4.00. The molecule has 0 spiro atoms. The maximum atomic E-state index is 5.47. The van der Waals surface area contributed by atoms with Crippen LogP contribution in [-0.2, 0) is 0 Å². The minimum absolute atomic E-state index is 0.322. The highest BCUT2D eigenvalue weighted by Crippen LogP contribution is 2.18. The molecule has 0 fully saturated rings. The summed E-state index contributed by atoms with van der Waals surface area (Å²) in [5.74, 6) is 0.942. The molecule has 0 amide bonds. The third-order valence-electron chi connectivity index (χ3n) is 2.76. The summed E-state index contributed by atoms with van der Waals surface area (Å²) in [6.07, 6.45) is 4.45. The normalized spacial score (nSPS) is 14.5. The Bertz CT molecular complexity index is 317. The lowest BCUT2D eigenvalue weighted by atomic mass is 10.0. The molecular weight excluding hydrogens is 202 g/mol. The number of nitrogens with one attached hydrogen (secondary N) is 1. The maximum Gasteiger partial charge on any atom is 0.232 e. The lowest BCUT2D eigenvalue weighted by molar-refractivity contribution is 0.301. The van der Waals surface area contributed by atoms with Gasteiger partial charge in [0, 0.05) is 18.2 Å². The molecule has 16 heavy (non-hydrogen) atoms. The molecule has 0 aliphatic heterocycles. The van der Waals surface area contributed by atoms with Gasteiger partial charge < -0.3 is 10.1 Å². The van der Waals surface area contributed by atoms with E-state index in [-0.39, 0.29) is 0 Å². The molecule has 4 nitrogen and oxygen atoms in total. The number of rotatable bonds is 6. The average Bonchev–Trinajstić information content (AvgIpc) is 2.34. The molecule has 0 bridgehead atoms. The molecule has 0 saturated heterocycles. The fourth-order valence-corrected chi connectivity index (χ4v) is 1.36. The standard InChI is InChI=1S/C12H21N3O/c1-5-6-16-12-8-14-7-11(15-12)9(2)10(3)13-4/h7-10,13H,5-6H2,1-4H3.